The number of thioether (sulfide) groups is 1. The number of fused-ring (bicyclic) bond motifs is 1. The van der Waals surface area contributed by atoms with E-state index >= 15 is 0 Å². The fourth-order valence-corrected chi connectivity index (χ4v) is 3.93. The molecule has 4 aromatic rings. The minimum Gasteiger partial charge on any atom is -0.201 e. The van der Waals surface area contributed by atoms with E-state index in [-0.39, 0.29) is 10.9 Å². The highest BCUT2D eigenvalue weighted by Crippen LogP contribution is 2.40. The van der Waals surface area contributed by atoms with Crippen LogP contribution in [0.4, 0.5) is 8.78 Å². The first-order chi connectivity index (χ1) is 13.1. The summed E-state index contributed by atoms with van der Waals surface area (Å²) in [6, 6.07) is 20.9. The zero-order valence-corrected chi connectivity index (χ0v) is 15.4. The summed E-state index contributed by atoms with van der Waals surface area (Å²) in [7, 11) is 0. The van der Waals surface area contributed by atoms with Crippen molar-refractivity contribution in [3.05, 3.63) is 88.7 Å². The summed E-state index contributed by atoms with van der Waals surface area (Å²) in [4.78, 5) is 0. The van der Waals surface area contributed by atoms with Crippen molar-refractivity contribution < 1.29 is 8.78 Å². The molecule has 4 nitrogen and oxygen atoms in total. The van der Waals surface area contributed by atoms with Gasteiger partial charge in [-0.25, -0.2) is 8.78 Å². The van der Waals surface area contributed by atoms with Gasteiger partial charge in [0.1, 0.15) is 5.03 Å². The number of alkyl halides is 2. The third-order valence-electron chi connectivity index (χ3n) is 3.97. The highest BCUT2D eigenvalue weighted by molar-refractivity contribution is 7.99. The van der Waals surface area contributed by atoms with Crippen LogP contribution in [-0.2, 0) is 0 Å². The zero-order chi connectivity index (χ0) is 18.8. The predicted molar refractivity (Wildman–Crippen MR) is 101 cm³/mol. The van der Waals surface area contributed by atoms with Gasteiger partial charge in [-0.05, 0) is 35.4 Å². The Labute approximate surface area is 163 Å². The molecule has 4 rings (SSSR count). The molecule has 0 aliphatic heterocycles. The van der Waals surface area contributed by atoms with E-state index in [0.717, 1.165) is 15.6 Å². The maximum Gasteiger partial charge on any atom is 0.299 e. The van der Waals surface area contributed by atoms with Crippen molar-refractivity contribution in [3.8, 4) is 0 Å². The second-order valence-corrected chi connectivity index (χ2v) is 7.32. The van der Waals surface area contributed by atoms with Crippen molar-refractivity contribution in [2.45, 2.75) is 16.7 Å². The maximum atomic E-state index is 13.1. The van der Waals surface area contributed by atoms with Gasteiger partial charge in [-0.2, -0.15) is 9.61 Å². The van der Waals surface area contributed by atoms with E-state index in [9.17, 15) is 8.78 Å². The molecular weight excluding hydrogens is 390 g/mol. The molecule has 0 spiro atoms. The average molecular weight is 403 g/mol. The van der Waals surface area contributed by atoms with E-state index in [4.69, 9.17) is 11.6 Å². The molecule has 0 N–H and O–H groups in total. The first kappa shape index (κ1) is 17.9. The Bertz CT molecular complexity index is 1050. The Morgan fingerprint density at radius 2 is 1.56 bits per heavy atom. The molecule has 1 atom stereocenters. The van der Waals surface area contributed by atoms with Gasteiger partial charge in [0.25, 0.3) is 6.43 Å². The fraction of sp³-hybridized carbons (Fsp3) is 0.105. The van der Waals surface area contributed by atoms with E-state index in [0.29, 0.717) is 10.0 Å². The Morgan fingerprint density at radius 1 is 0.852 bits per heavy atom. The molecule has 0 radical (unpaired) electrons. The highest BCUT2D eigenvalue weighted by atomic mass is 35.5. The normalized spacial score (nSPS) is 12.6. The van der Waals surface area contributed by atoms with Crippen LogP contribution in [-0.4, -0.2) is 19.8 Å². The van der Waals surface area contributed by atoms with Crippen molar-refractivity contribution in [2.75, 3.05) is 0 Å². The van der Waals surface area contributed by atoms with E-state index in [1.807, 2.05) is 54.6 Å². The van der Waals surface area contributed by atoms with Gasteiger partial charge >= 0.3 is 0 Å². The van der Waals surface area contributed by atoms with Gasteiger partial charge < -0.3 is 0 Å². The minimum absolute atomic E-state index is 0.0695. The minimum atomic E-state index is -2.74. The lowest BCUT2D eigenvalue weighted by Crippen LogP contribution is -2.02. The fourth-order valence-electron chi connectivity index (χ4n) is 2.70. The van der Waals surface area contributed by atoms with Gasteiger partial charge in [-0.15, -0.1) is 10.2 Å². The van der Waals surface area contributed by atoms with Crippen LogP contribution < -0.4 is 0 Å². The predicted octanol–water partition coefficient (Wildman–Crippen LogP) is 5.60. The summed E-state index contributed by atoms with van der Waals surface area (Å²) in [6.07, 6.45) is -2.74. The zero-order valence-electron chi connectivity index (χ0n) is 13.8. The third-order valence-corrected chi connectivity index (χ3v) is 5.46. The number of nitrogens with zero attached hydrogens (tertiary/aromatic N) is 4. The Balaban J connectivity index is 1.74. The van der Waals surface area contributed by atoms with E-state index in [2.05, 4.69) is 15.3 Å². The molecule has 2 heterocycles. The molecule has 1 unspecified atom stereocenters. The van der Waals surface area contributed by atoms with Crippen molar-refractivity contribution in [1.29, 1.82) is 0 Å². The molecule has 0 aliphatic carbocycles. The molecule has 0 aliphatic rings. The molecular formula is C19H13ClF2N4S. The monoisotopic (exact) mass is 402 g/mol. The summed E-state index contributed by atoms with van der Waals surface area (Å²) in [5, 5.41) is 12.7. The molecule has 0 bridgehead atoms. The number of hydrogen-bond acceptors (Lipinski definition) is 4. The second kappa shape index (κ2) is 7.62. The number of aromatic nitrogens is 4. The Hall–Kier alpha value is -2.51. The van der Waals surface area contributed by atoms with Crippen LogP contribution in [0.3, 0.4) is 0 Å². The number of benzene rings is 2. The molecule has 27 heavy (non-hydrogen) atoms. The molecule has 0 fully saturated rings. The first-order valence-corrected chi connectivity index (χ1v) is 9.35. The van der Waals surface area contributed by atoms with Crippen LogP contribution in [0.1, 0.15) is 28.6 Å². The van der Waals surface area contributed by atoms with Crippen LogP contribution >= 0.6 is 23.4 Å². The number of halogens is 3. The van der Waals surface area contributed by atoms with E-state index < -0.39 is 12.2 Å². The summed E-state index contributed by atoms with van der Waals surface area (Å²) in [5.74, 6) is -0.463. The Kier molecular flexibility index (Phi) is 5.05. The summed E-state index contributed by atoms with van der Waals surface area (Å²) < 4.78 is 27.3. The molecule has 0 amide bonds. The summed E-state index contributed by atoms with van der Waals surface area (Å²) in [5.41, 5.74) is 2.40. The average Bonchev–Trinajstić information content (AvgIpc) is 3.11. The highest BCUT2D eigenvalue weighted by Gasteiger charge is 2.20. The van der Waals surface area contributed by atoms with Crippen molar-refractivity contribution >= 4 is 29.0 Å². The van der Waals surface area contributed by atoms with Crippen molar-refractivity contribution in [2.24, 2.45) is 0 Å². The van der Waals surface area contributed by atoms with E-state index in [1.54, 1.807) is 12.1 Å². The molecule has 0 saturated heterocycles. The van der Waals surface area contributed by atoms with Gasteiger partial charge in [0.15, 0.2) is 5.65 Å². The molecule has 2 aromatic carbocycles. The van der Waals surface area contributed by atoms with Crippen LogP contribution in [0.15, 0.2) is 71.8 Å². The lowest BCUT2D eigenvalue weighted by atomic mass is 10.0. The van der Waals surface area contributed by atoms with Gasteiger partial charge in [0.05, 0.1) is 5.25 Å². The standard InChI is InChI=1S/C19H13ClF2N4S/c20-14-8-6-13(7-9-14)17(12-4-2-1-3-5-12)27-16-11-10-15-23-24-19(18(21)22)26(15)25-16/h1-11,17-18H. The lowest BCUT2D eigenvalue weighted by Gasteiger charge is -2.17. The summed E-state index contributed by atoms with van der Waals surface area (Å²) in [6.45, 7) is 0. The number of rotatable bonds is 5. The lowest BCUT2D eigenvalue weighted by molar-refractivity contribution is 0.137. The Morgan fingerprint density at radius 3 is 2.26 bits per heavy atom. The van der Waals surface area contributed by atoms with Crippen molar-refractivity contribution in [1.82, 2.24) is 19.8 Å². The SMILES string of the molecule is FC(F)c1nnc2ccc(SC(c3ccccc3)c3ccc(Cl)cc3)nn12. The largest absolute Gasteiger partial charge is 0.299 e. The third kappa shape index (κ3) is 3.79. The first-order valence-electron chi connectivity index (χ1n) is 8.09. The number of hydrogen-bond donors (Lipinski definition) is 0. The maximum absolute atomic E-state index is 13.1. The molecule has 136 valence electrons. The smallest absolute Gasteiger partial charge is 0.201 e. The molecule has 0 saturated carbocycles. The van der Waals surface area contributed by atoms with Gasteiger partial charge in [-0.3, -0.25) is 0 Å². The van der Waals surface area contributed by atoms with Crippen LogP contribution in [0.5, 0.6) is 0 Å². The van der Waals surface area contributed by atoms with Crippen molar-refractivity contribution in [3.63, 3.8) is 0 Å². The quantitative estimate of drug-likeness (QED) is 0.408. The van der Waals surface area contributed by atoms with Crippen LogP contribution in [0, 0.1) is 0 Å². The van der Waals surface area contributed by atoms with Crippen LogP contribution in [0.2, 0.25) is 5.02 Å². The van der Waals surface area contributed by atoms with Gasteiger partial charge in [-0.1, -0.05) is 65.8 Å². The van der Waals surface area contributed by atoms with Gasteiger partial charge in [0.2, 0.25) is 5.82 Å². The summed E-state index contributed by atoms with van der Waals surface area (Å²) >= 11 is 7.48. The molecule has 8 heteroatoms. The topological polar surface area (TPSA) is 43.1 Å². The van der Waals surface area contributed by atoms with Crippen LogP contribution in [0.25, 0.3) is 5.65 Å². The second-order valence-electron chi connectivity index (χ2n) is 5.76. The van der Waals surface area contributed by atoms with E-state index in [1.165, 1.54) is 11.8 Å². The molecule has 2 aromatic heterocycles. The van der Waals surface area contributed by atoms with Gasteiger partial charge in [0, 0.05) is 5.02 Å².